The third-order valence-corrected chi connectivity index (χ3v) is 6.72. The van der Waals surface area contributed by atoms with Crippen molar-refractivity contribution in [2.24, 2.45) is 4.99 Å². The number of amides is 1. The summed E-state index contributed by atoms with van der Waals surface area (Å²) in [6, 6.07) is 5.88. The lowest BCUT2D eigenvalue weighted by Crippen LogP contribution is -2.39. The molecule has 0 spiro atoms. The summed E-state index contributed by atoms with van der Waals surface area (Å²) in [6.07, 6.45) is 1.07. The maximum Gasteiger partial charge on any atom is 0.338 e. The normalized spacial score (nSPS) is 18.5. The highest BCUT2D eigenvalue weighted by Gasteiger charge is 2.41. The van der Waals surface area contributed by atoms with Crippen molar-refractivity contribution in [1.82, 2.24) is 10.2 Å². The van der Waals surface area contributed by atoms with Crippen molar-refractivity contribution in [3.05, 3.63) is 57.3 Å². The molecule has 0 saturated carbocycles. The second-order valence-electron chi connectivity index (χ2n) is 8.44. The van der Waals surface area contributed by atoms with E-state index in [0.29, 0.717) is 17.9 Å². The van der Waals surface area contributed by atoms with E-state index in [1.54, 1.807) is 7.11 Å². The van der Waals surface area contributed by atoms with Crippen molar-refractivity contribution in [3.63, 3.8) is 0 Å². The van der Waals surface area contributed by atoms with Crippen LogP contribution in [0.4, 0.5) is 0 Å². The van der Waals surface area contributed by atoms with Gasteiger partial charge in [-0.1, -0.05) is 42.4 Å². The molecule has 1 aromatic carbocycles. The lowest BCUT2D eigenvalue weighted by Gasteiger charge is -2.37. The zero-order chi connectivity index (χ0) is 24.1. The van der Waals surface area contributed by atoms with Crippen LogP contribution in [0.2, 0.25) is 0 Å². The Kier molecular flexibility index (Phi) is 8.37. The number of thioether (sulfide) groups is 1. The van der Waals surface area contributed by atoms with Crippen LogP contribution in [0.15, 0.2) is 45.6 Å². The fourth-order valence-corrected chi connectivity index (χ4v) is 4.83. The molecule has 2 aliphatic rings. The SMILES string of the molecule is CCC(C)NC(=O)CC1=CSC2=NC(C)=C(C(=O)OCCOC)C(c3cc(C)ccc3C)N12. The first-order valence-corrected chi connectivity index (χ1v) is 12.1. The number of nitrogens with one attached hydrogen (secondary N) is 1. The smallest absolute Gasteiger partial charge is 0.338 e. The van der Waals surface area contributed by atoms with Crippen LogP contribution < -0.4 is 5.32 Å². The number of benzene rings is 1. The van der Waals surface area contributed by atoms with Gasteiger partial charge in [-0.2, -0.15) is 0 Å². The van der Waals surface area contributed by atoms with Gasteiger partial charge in [0, 0.05) is 18.8 Å². The predicted octanol–water partition coefficient (Wildman–Crippen LogP) is 4.37. The van der Waals surface area contributed by atoms with Gasteiger partial charge in [0.25, 0.3) is 0 Å². The highest BCUT2D eigenvalue weighted by atomic mass is 32.2. The minimum atomic E-state index is -0.426. The van der Waals surface area contributed by atoms with E-state index in [0.717, 1.165) is 34.0 Å². The van der Waals surface area contributed by atoms with Crippen molar-refractivity contribution in [2.45, 2.75) is 59.5 Å². The van der Waals surface area contributed by atoms with E-state index in [4.69, 9.17) is 14.5 Å². The molecule has 7 nitrogen and oxygen atoms in total. The number of aliphatic imine (C=N–C) groups is 1. The number of allylic oxidation sites excluding steroid dienone is 1. The van der Waals surface area contributed by atoms with Gasteiger partial charge in [-0.05, 0) is 50.7 Å². The van der Waals surface area contributed by atoms with Crippen molar-refractivity contribution >= 4 is 28.8 Å². The average molecular weight is 472 g/mol. The lowest BCUT2D eigenvalue weighted by atomic mass is 9.90. The van der Waals surface area contributed by atoms with E-state index < -0.39 is 12.0 Å². The number of hydrogen-bond acceptors (Lipinski definition) is 7. The van der Waals surface area contributed by atoms with Gasteiger partial charge in [-0.3, -0.25) is 4.79 Å². The van der Waals surface area contributed by atoms with Gasteiger partial charge in [-0.15, -0.1) is 0 Å². The molecule has 178 valence electrons. The number of hydrogen-bond donors (Lipinski definition) is 1. The Hall–Kier alpha value is -2.58. The van der Waals surface area contributed by atoms with Gasteiger partial charge in [0.15, 0.2) is 5.17 Å². The summed E-state index contributed by atoms with van der Waals surface area (Å²) >= 11 is 1.48. The zero-order valence-electron chi connectivity index (χ0n) is 20.2. The van der Waals surface area contributed by atoms with Crippen LogP contribution in [0.3, 0.4) is 0 Å². The largest absolute Gasteiger partial charge is 0.460 e. The number of amidine groups is 1. The highest BCUT2D eigenvalue weighted by molar-refractivity contribution is 8.16. The Morgan fingerprint density at radius 3 is 2.70 bits per heavy atom. The van der Waals surface area contributed by atoms with Crippen molar-refractivity contribution in [3.8, 4) is 0 Å². The first-order valence-electron chi connectivity index (χ1n) is 11.2. The topological polar surface area (TPSA) is 80.2 Å². The van der Waals surface area contributed by atoms with Crippen LogP contribution in [0.1, 0.15) is 56.3 Å². The van der Waals surface area contributed by atoms with Gasteiger partial charge >= 0.3 is 5.97 Å². The van der Waals surface area contributed by atoms with Crippen LogP contribution in [0, 0.1) is 13.8 Å². The minimum Gasteiger partial charge on any atom is -0.460 e. The monoisotopic (exact) mass is 471 g/mol. The molecule has 0 saturated heterocycles. The van der Waals surface area contributed by atoms with Gasteiger partial charge in [0.1, 0.15) is 6.61 Å². The number of ether oxygens (including phenoxy) is 2. The van der Waals surface area contributed by atoms with Gasteiger partial charge < -0.3 is 19.7 Å². The number of carbonyl (C=O) groups excluding carboxylic acids is 2. The second kappa shape index (κ2) is 11.0. The third kappa shape index (κ3) is 5.68. The standard InChI is InChI=1S/C25H33N3O4S/c1-7-17(4)26-21(29)13-19-14-33-25-27-18(5)22(24(30)32-11-10-31-6)23(28(19)25)20-12-15(2)8-9-16(20)3/h8-9,12,14,17,23H,7,10-11,13H2,1-6H3,(H,26,29). The number of esters is 1. The van der Waals surface area contributed by atoms with Crippen LogP contribution >= 0.6 is 11.8 Å². The number of rotatable bonds is 9. The Morgan fingerprint density at radius 2 is 2.00 bits per heavy atom. The van der Waals surface area contributed by atoms with E-state index >= 15 is 0 Å². The Labute approximate surface area is 200 Å². The molecule has 2 atom stereocenters. The van der Waals surface area contributed by atoms with Gasteiger partial charge in [0.05, 0.1) is 30.3 Å². The summed E-state index contributed by atoms with van der Waals surface area (Å²) < 4.78 is 10.6. The molecule has 1 N–H and O–H groups in total. The van der Waals surface area contributed by atoms with Gasteiger partial charge in [-0.25, -0.2) is 9.79 Å². The molecule has 0 bridgehead atoms. The zero-order valence-corrected chi connectivity index (χ0v) is 21.0. The third-order valence-electron chi connectivity index (χ3n) is 5.83. The summed E-state index contributed by atoms with van der Waals surface area (Å²) in [5.41, 5.74) is 5.08. The van der Waals surface area contributed by atoms with Crippen LogP contribution in [0.5, 0.6) is 0 Å². The number of carbonyl (C=O) groups is 2. The molecule has 3 rings (SSSR count). The molecule has 8 heteroatoms. The van der Waals surface area contributed by atoms with Crippen LogP contribution in [0.25, 0.3) is 0 Å². The molecule has 33 heavy (non-hydrogen) atoms. The molecule has 1 aromatic rings. The Bertz CT molecular complexity index is 1010. The molecule has 2 unspecified atom stereocenters. The summed E-state index contributed by atoms with van der Waals surface area (Å²) in [4.78, 5) is 32.7. The van der Waals surface area contributed by atoms with Crippen molar-refractivity contribution < 1.29 is 19.1 Å². The van der Waals surface area contributed by atoms with Crippen molar-refractivity contribution in [1.29, 1.82) is 0 Å². The quantitative estimate of drug-likeness (QED) is 0.425. The summed E-state index contributed by atoms with van der Waals surface area (Å²) in [6.45, 7) is 10.4. The molecule has 2 heterocycles. The number of aryl methyl sites for hydroxylation is 2. The summed E-state index contributed by atoms with van der Waals surface area (Å²) in [7, 11) is 1.57. The van der Waals surface area contributed by atoms with E-state index in [2.05, 4.69) is 23.5 Å². The molecule has 2 aliphatic heterocycles. The van der Waals surface area contributed by atoms with E-state index in [1.165, 1.54) is 11.8 Å². The fraction of sp³-hybridized carbons (Fsp3) is 0.480. The van der Waals surface area contributed by atoms with Gasteiger partial charge in [0.2, 0.25) is 5.91 Å². The average Bonchev–Trinajstić information content (AvgIpc) is 3.16. The number of fused-ring (bicyclic) bond motifs is 1. The second-order valence-corrected chi connectivity index (χ2v) is 9.27. The van der Waals surface area contributed by atoms with Crippen molar-refractivity contribution in [2.75, 3.05) is 20.3 Å². The van der Waals surface area contributed by atoms with Crippen LogP contribution in [-0.4, -0.2) is 48.3 Å². The molecular formula is C25H33N3O4S. The van der Waals surface area contributed by atoms with E-state index in [1.807, 2.05) is 44.9 Å². The molecule has 0 fully saturated rings. The maximum atomic E-state index is 13.2. The summed E-state index contributed by atoms with van der Waals surface area (Å²) in [5, 5.41) is 5.75. The predicted molar refractivity (Wildman–Crippen MR) is 132 cm³/mol. The van der Waals surface area contributed by atoms with E-state index in [9.17, 15) is 9.59 Å². The fourth-order valence-electron chi connectivity index (χ4n) is 3.87. The molecule has 0 aromatic heterocycles. The van der Waals surface area contributed by atoms with E-state index in [-0.39, 0.29) is 25.0 Å². The highest BCUT2D eigenvalue weighted by Crippen LogP contribution is 2.45. The molecule has 0 radical (unpaired) electrons. The molecule has 1 amide bonds. The summed E-state index contributed by atoms with van der Waals surface area (Å²) in [5.74, 6) is -0.466. The maximum absolute atomic E-state index is 13.2. The first kappa shape index (κ1) is 25.1. The lowest BCUT2D eigenvalue weighted by molar-refractivity contribution is -0.141. The minimum absolute atomic E-state index is 0.0485. The Balaban J connectivity index is 2.02. The Morgan fingerprint density at radius 1 is 1.24 bits per heavy atom. The van der Waals surface area contributed by atoms with Crippen LogP contribution in [-0.2, 0) is 19.1 Å². The molecular weight excluding hydrogens is 438 g/mol. The number of methoxy groups -OCH3 is 1. The number of nitrogens with zero attached hydrogens (tertiary/aromatic N) is 2. The first-order chi connectivity index (χ1) is 15.8. The molecule has 0 aliphatic carbocycles.